The molecule has 0 aliphatic carbocycles. The van der Waals surface area contributed by atoms with Crippen LogP contribution in [0.1, 0.15) is 37.0 Å². The van der Waals surface area contributed by atoms with Crippen LogP contribution in [0.2, 0.25) is 5.02 Å². The van der Waals surface area contributed by atoms with Crippen molar-refractivity contribution in [1.82, 2.24) is 24.8 Å². The van der Waals surface area contributed by atoms with E-state index in [-0.39, 0.29) is 23.4 Å². The van der Waals surface area contributed by atoms with E-state index in [1.165, 1.54) is 9.08 Å². The van der Waals surface area contributed by atoms with E-state index in [0.717, 1.165) is 0 Å². The fourth-order valence-corrected chi connectivity index (χ4v) is 3.35. The highest BCUT2D eigenvalue weighted by Crippen LogP contribution is 2.11. The van der Waals surface area contributed by atoms with Crippen molar-refractivity contribution in [2.45, 2.75) is 39.3 Å². The Balaban J connectivity index is 1.54. The predicted octanol–water partition coefficient (Wildman–Crippen LogP) is 2.50. The molecule has 1 aromatic carbocycles. The Morgan fingerprint density at radius 2 is 1.87 bits per heavy atom. The highest BCUT2D eigenvalue weighted by molar-refractivity contribution is 6.30. The molecule has 0 saturated heterocycles. The van der Waals surface area contributed by atoms with Crippen LogP contribution in [0, 0.1) is 5.92 Å². The lowest BCUT2D eigenvalue weighted by molar-refractivity contribution is -0.123. The molecule has 164 valence electrons. The first kappa shape index (κ1) is 22.6. The molecule has 0 radical (unpaired) electrons. The van der Waals surface area contributed by atoms with Crippen molar-refractivity contribution in [3.63, 3.8) is 0 Å². The summed E-state index contributed by atoms with van der Waals surface area (Å²) in [5.41, 5.74) is 0.811. The summed E-state index contributed by atoms with van der Waals surface area (Å²) in [6.07, 6.45) is 2.72. The molecule has 0 saturated carbocycles. The number of aryl methyl sites for hydroxylation is 1. The maximum Gasteiger partial charge on any atom is 0.350 e. The Bertz CT molecular complexity index is 1100. The van der Waals surface area contributed by atoms with Gasteiger partial charge in [-0.25, -0.2) is 9.48 Å². The average Bonchev–Trinajstić information content (AvgIpc) is 3.06. The van der Waals surface area contributed by atoms with Gasteiger partial charge in [0, 0.05) is 29.9 Å². The molecule has 2 N–H and O–H groups in total. The molecule has 8 nitrogen and oxygen atoms in total. The van der Waals surface area contributed by atoms with Gasteiger partial charge in [0.2, 0.25) is 5.91 Å². The molecule has 31 heavy (non-hydrogen) atoms. The second-order valence-corrected chi connectivity index (χ2v) is 8.18. The average molecular weight is 444 g/mol. The number of hydrogen-bond acceptors (Lipinski definition) is 4. The fourth-order valence-electron chi connectivity index (χ4n) is 3.22. The van der Waals surface area contributed by atoms with Crippen molar-refractivity contribution in [2.24, 2.45) is 5.92 Å². The standard InChI is InChI=1S/C22H26ClN5O3/c1-15(2)14-18(25-20(29)16-7-9-17(23)10-8-16)21(30)24-11-5-13-28-22(31)27-12-4-3-6-19(27)26-28/h3-4,6-10,12,15,18H,5,11,13-14H2,1-2H3,(H,24,30)(H,25,29). The van der Waals surface area contributed by atoms with Gasteiger partial charge in [0.15, 0.2) is 5.65 Å². The summed E-state index contributed by atoms with van der Waals surface area (Å²) in [5.74, 6) is -0.357. The summed E-state index contributed by atoms with van der Waals surface area (Å²) in [7, 11) is 0. The number of benzene rings is 1. The number of pyridine rings is 1. The predicted molar refractivity (Wildman–Crippen MR) is 119 cm³/mol. The number of aromatic nitrogens is 3. The number of rotatable bonds is 9. The van der Waals surface area contributed by atoms with Gasteiger partial charge in [-0.3, -0.25) is 14.0 Å². The molecule has 9 heteroatoms. The Labute approximate surface area is 185 Å². The molecule has 0 fully saturated rings. The summed E-state index contributed by atoms with van der Waals surface area (Å²) in [6, 6.07) is 11.2. The highest BCUT2D eigenvalue weighted by atomic mass is 35.5. The van der Waals surface area contributed by atoms with Crippen LogP contribution in [0.4, 0.5) is 0 Å². The molecular formula is C22H26ClN5O3. The zero-order chi connectivity index (χ0) is 22.4. The van der Waals surface area contributed by atoms with Crippen molar-refractivity contribution >= 4 is 29.1 Å². The van der Waals surface area contributed by atoms with Crippen LogP contribution < -0.4 is 16.3 Å². The van der Waals surface area contributed by atoms with Crippen LogP contribution in [0.3, 0.4) is 0 Å². The number of halogens is 1. The maximum absolute atomic E-state index is 12.7. The van der Waals surface area contributed by atoms with Gasteiger partial charge in [0.05, 0.1) is 0 Å². The van der Waals surface area contributed by atoms with Crippen molar-refractivity contribution in [3.05, 3.63) is 69.7 Å². The smallest absolute Gasteiger partial charge is 0.350 e. The lowest BCUT2D eigenvalue weighted by Crippen LogP contribution is -2.47. The molecule has 2 heterocycles. The van der Waals surface area contributed by atoms with E-state index in [2.05, 4.69) is 15.7 Å². The van der Waals surface area contributed by atoms with E-state index in [0.29, 0.717) is 42.2 Å². The zero-order valence-electron chi connectivity index (χ0n) is 17.5. The first-order chi connectivity index (χ1) is 14.8. The SMILES string of the molecule is CC(C)CC(NC(=O)c1ccc(Cl)cc1)C(=O)NCCCn1nc2ccccn2c1=O. The zero-order valence-corrected chi connectivity index (χ0v) is 18.3. The molecule has 1 atom stereocenters. The number of carbonyl (C=O) groups is 2. The number of amides is 2. The van der Waals surface area contributed by atoms with Crippen LogP contribution >= 0.6 is 11.6 Å². The van der Waals surface area contributed by atoms with Crippen LogP contribution in [-0.4, -0.2) is 38.6 Å². The number of hydrogen-bond donors (Lipinski definition) is 2. The molecule has 1 unspecified atom stereocenters. The third-order valence-corrected chi connectivity index (χ3v) is 5.02. The van der Waals surface area contributed by atoms with Gasteiger partial charge < -0.3 is 10.6 Å². The minimum absolute atomic E-state index is 0.213. The van der Waals surface area contributed by atoms with E-state index in [9.17, 15) is 14.4 Å². The van der Waals surface area contributed by atoms with Crippen LogP contribution in [0.25, 0.3) is 5.65 Å². The number of carbonyl (C=O) groups excluding carboxylic acids is 2. The summed E-state index contributed by atoms with van der Waals surface area (Å²) in [5, 5.41) is 10.5. The highest BCUT2D eigenvalue weighted by Gasteiger charge is 2.22. The number of nitrogens with zero attached hydrogens (tertiary/aromatic N) is 3. The van der Waals surface area contributed by atoms with Gasteiger partial charge >= 0.3 is 5.69 Å². The monoisotopic (exact) mass is 443 g/mol. The third kappa shape index (κ3) is 5.95. The number of fused-ring (bicyclic) bond motifs is 1. The summed E-state index contributed by atoms with van der Waals surface area (Å²) < 4.78 is 2.86. The molecule has 2 amide bonds. The van der Waals surface area contributed by atoms with Crippen LogP contribution in [0.15, 0.2) is 53.5 Å². The topological polar surface area (TPSA) is 97.5 Å². The lowest BCUT2D eigenvalue weighted by atomic mass is 10.0. The summed E-state index contributed by atoms with van der Waals surface area (Å²) in [6.45, 7) is 4.73. The van der Waals surface area contributed by atoms with Gasteiger partial charge in [0.25, 0.3) is 5.91 Å². The largest absolute Gasteiger partial charge is 0.354 e. The molecule has 0 aliphatic heterocycles. The maximum atomic E-state index is 12.7. The van der Waals surface area contributed by atoms with Crippen molar-refractivity contribution < 1.29 is 9.59 Å². The molecule has 0 aliphatic rings. The van der Waals surface area contributed by atoms with Crippen LogP contribution in [-0.2, 0) is 11.3 Å². The molecule has 3 aromatic rings. The lowest BCUT2D eigenvalue weighted by Gasteiger charge is -2.20. The van der Waals surface area contributed by atoms with Crippen molar-refractivity contribution in [3.8, 4) is 0 Å². The molecule has 0 bridgehead atoms. The second-order valence-electron chi connectivity index (χ2n) is 7.74. The van der Waals surface area contributed by atoms with Gasteiger partial charge in [-0.05, 0) is 55.2 Å². The molecule has 0 spiro atoms. The Morgan fingerprint density at radius 3 is 2.55 bits per heavy atom. The molecule has 3 rings (SSSR count). The van der Waals surface area contributed by atoms with E-state index >= 15 is 0 Å². The van der Waals surface area contributed by atoms with Crippen molar-refractivity contribution in [2.75, 3.05) is 6.54 Å². The minimum Gasteiger partial charge on any atom is -0.354 e. The third-order valence-electron chi connectivity index (χ3n) is 4.77. The quantitative estimate of drug-likeness (QED) is 0.496. The van der Waals surface area contributed by atoms with Gasteiger partial charge in [-0.2, -0.15) is 0 Å². The fraction of sp³-hybridized carbons (Fsp3) is 0.364. The van der Waals surface area contributed by atoms with E-state index in [1.807, 2.05) is 19.9 Å². The number of nitrogens with one attached hydrogen (secondary N) is 2. The van der Waals surface area contributed by atoms with E-state index in [4.69, 9.17) is 11.6 Å². The van der Waals surface area contributed by atoms with Crippen LogP contribution in [0.5, 0.6) is 0 Å². The Morgan fingerprint density at radius 1 is 1.13 bits per heavy atom. The van der Waals surface area contributed by atoms with E-state index in [1.54, 1.807) is 42.6 Å². The van der Waals surface area contributed by atoms with Gasteiger partial charge in [0.1, 0.15) is 6.04 Å². The normalized spacial score (nSPS) is 12.1. The first-order valence-corrected chi connectivity index (χ1v) is 10.6. The molecular weight excluding hydrogens is 418 g/mol. The second kappa shape index (κ2) is 10.3. The van der Waals surface area contributed by atoms with E-state index < -0.39 is 6.04 Å². The van der Waals surface area contributed by atoms with Gasteiger partial charge in [-0.15, -0.1) is 5.10 Å². The van der Waals surface area contributed by atoms with Crippen molar-refractivity contribution in [1.29, 1.82) is 0 Å². The minimum atomic E-state index is -0.652. The molecule has 2 aromatic heterocycles. The van der Waals surface area contributed by atoms with Gasteiger partial charge in [-0.1, -0.05) is 31.5 Å². The first-order valence-electron chi connectivity index (χ1n) is 10.2. The Hall–Kier alpha value is -3.13. The summed E-state index contributed by atoms with van der Waals surface area (Å²) in [4.78, 5) is 37.5. The summed E-state index contributed by atoms with van der Waals surface area (Å²) >= 11 is 5.87. The Kier molecular flexibility index (Phi) is 7.46.